The first-order chi connectivity index (χ1) is 11.1. The number of unbranched alkanes of at least 4 members (excludes halogenated alkanes) is 5. The molecule has 0 aliphatic carbocycles. The molecule has 0 aliphatic heterocycles. The molecule has 0 fully saturated rings. The lowest BCUT2D eigenvalue weighted by molar-refractivity contribution is -0.155. The van der Waals surface area contributed by atoms with Gasteiger partial charge in [-0.15, -0.1) is 0 Å². The molecule has 0 amide bonds. The van der Waals surface area contributed by atoms with Crippen molar-refractivity contribution >= 4 is 22.1 Å². The zero-order chi connectivity index (χ0) is 18.8. The minimum Gasteiger partial charge on any atom is -0.481 e. The van der Waals surface area contributed by atoms with Gasteiger partial charge in [-0.3, -0.25) is 14.1 Å². The highest BCUT2D eigenvalue weighted by molar-refractivity contribution is 7.88. The maximum absolute atomic E-state index is 12.4. The molecule has 0 radical (unpaired) electrons. The molecule has 2 unspecified atom stereocenters. The normalized spacial score (nSPS) is 15.5. The zero-order valence-corrected chi connectivity index (χ0v) is 15.6. The fourth-order valence-electron chi connectivity index (χ4n) is 2.40. The number of rotatable bonds is 13. The number of carbonyl (C=O) groups is 2. The van der Waals surface area contributed by atoms with Gasteiger partial charge in [0.25, 0.3) is 10.1 Å². The third kappa shape index (κ3) is 7.17. The van der Waals surface area contributed by atoms with Gasteiger partial charge in [-0.2, -0.15) is 8.42 Å². The Labute approximate surface area is 144 Å². The van der Waals surface area contributed by atoms with Gasteiger partial charge in [-0.05, 0) is 19.8 Å². The predicted octanol–water partition coefficient (Wildman–Crippen LogP) is 3.18. The number of esters is 1. The van der Waals surface area contributed by atoms with Crippen LogP contribution in [-0.4, -0.2) is 40.9 Å². The average molecular weight is 366 g/mol. The molecule has 8 heteroatoms. The highest BCUT2D eigenvalue weighted by Gasteiger charge is 2.53. The van der Waals surface area contributed by atoms with E-state index in [-0.39, 0.29) is 6.42 Å². The highest BCUT2D eigenvalue weighted by atomic mass is 32.2. The molecule has 0 heterocycles. The summed E-state index contributed by atoms with van der Waals surface area (Å²) in [6, 6.07) is 0. The Morgan fingerprint density at radius 2 is 1.62 bits per heavy atom. The standard InChI is InChI=1S/C16H30O7S/c1-4-6-7-8-9-10-11-16(12-14(17)18,24(20,21)22)15(19)23-13(3)5-2/h13H,4-12H2,1-3H3,(H,17,18)(H,20,21,22). The number of carbonyl (C=O) groups excluding carboxylic acids is 1. The van der Waals surface area contributed by atoms with Gasteiger partial charge in [0, 0.05) is 0 Å². The van der Waals surface area contributed by atoms with Crippen LogP contribution in [0.2, 0.25) is 0 Å². The van der Waals surface area contributed by atoms with Crippen molar-refractivity contribution in [3.8, 4) is 0 Å². The smallest absolute Gasteiger partial charge is 0.330 e. The Morgan fingerprint density at radius 1 is 1.08 bits per heavy atom. The van der Waals surface area contributed by atoms with Crippen LogP contribution in [0, 0.1) is 0 Å². The monoisotopic (exact) mass is 366 g/mol. The van der Waals surface area contributed by atoms with Crippen LogP contribution in [0.4, 0.5) is 0 Å². The van der Waals surface area contributed by atoms with Crippen molar-refractivity contribution in [3.63, 3.8) is 0 Å². The molecule has 0 aromatic carbocycles. The van der Waals surface area contributed by atoms with Crippen molar-refractivity contribution in [1.82, 2.24) is 0 Å². The van der Waals surface area contributed by atoms with Crippen molar-refractivity contribution in [2.75, 3.05) is 0 Å². The van der Waals surface area contributed by atoms with E-state index in [1.165, 1.54) is 0 Å². The summed E-state index contributed by atoms with van der Waals surface area (Å²) in [7, 11) is -4.93. The average Bonchev–Trinajstić information content (AvgIpc) is 2.47. The van der Waals surface area contributed by atoms with E-state index in [1.54, 1.807) is 13.8 Å². The van der Waals surface area contributed by atoms with Crippen molar-refractivity contribution in [3.05, 3.63) is 0 Å². The predicted molar refractivity (Wildman–Crippen MR) is 90.4 cm³/mol. The van der Waals surface area contributed by atoms with Gasteiger partial charge in [-0.25, -0.2) is 0 Å². The van der Waals surface area contributed by atoms with E-state index >= 15 is 0 Å². The molecular formula is C16H30O7S. The van der Waals surface area contributed by atoms with Gasteiger partial charge < -0.3 is 9.84 Å². The van der Waals surface area contributed by atoms with Crippen LogP contribution in [0.15, 0.2) is 0 Å². The van der Waals surface area contributed by atoms with Gasteiger partial charge in [0.05, 0.1) is 12.5 Å². The van der Waals surface area contributed by atoms with E-state index < -0.39 is 39.3 Å². The number of aliphatic carboxylic acids is 1. The molecule has 0 aliphatic rings. The number of carboxylic acid groups (broad SMARTS) is 1. The van der Waals surface area contributed by atoms with Crippen LogP contribution >= 0.6 is 0 Å². The molecule has 7 nitrogen and oxygen atoms in total. The Balaban J connectivity index is 5.23. The maximum Gasteiger partial charge on any atom is 0.330 e. The quantitative estimate of drug-likeness (QED) is 0.292. The molecule has 0 aromatic heterocycles. The highest BCUT2D eigenvalue weighted by Crippen LogP contribution is 2.31. The van der Waals surface area contributed by atoms with E-state index in [9.17, 15) is 22.6 Å². The van der Waals surface area contributed by atoms with Crippen molar-refractivity contribution in [1.29, 1.82) is 0 Å². The lowest BCUT2D eigenvalue weighted by Gasteiger charge is -2.28. The molecular weight excluding hydrogens is 336 g/mol. The molecule has 0 bridgehead atoms. The lowest BCUT2D eigenvalue weighted by atomic mass is 9.96. The van der Waals surface area contributed by atoms with E-state index in [1.807, 2.05) is 0 Å². The minimum absolute atomic E-state index is 0.264. The summed E-state index contributed by atoms with van der Waals surface area (Å²) in [5, 5.41) is 9.04. The topological polar surface area (TPSA) is 118 Å². The lowest BCUT2D eigenvalue weighted by Crippen LogP contribution is -2.49. The van der Waals surface area contributed by atoms with Gasteiger partial charge >= 0.3 is 11.9 Å². The van der Waals surface area contributed by atoms with E-state index in [0.29, 0.717) is 19.3 Å². The summed E-state index contributed by atoms with van der Waals surface area (Å²) in [6.45, 7) is 5.40. The van der Waals surface area contributed by atoms with E-state index in [0.717, 1.165) is 25.7 Å². The van der Waals surface area contributed by atoms with Gasteiger partial charge in [0.2, 0.25) is 4.75 Å². The number of carboxylic acids is 1. The molecule has 0 saturated heterocycles. The first kappa shape index (κ1) is 22.9. The molecule has 142 valence electrons. The zero-order valence-electron chi connectivity index (χ0n) is 14.8. The first-order valence-electron chi connectivity index (χ1n) is 8.50. The van der Waals surface area contributed by atoms with Crippen molar-refractivity contribution in [2.24, 2.45) is 0 Å². The Morgan fingerprint density at radius 3 is 2.08 bits per heavy atom. The van der Waals surface area contributed by atoms with Crippen LogP contribution in [0.3, 0.4) is 0 Å². The maximum atomic E-state index is 12.4. The first-order valence-corrected chi connectivity index (χ1v) is 9.94. The number of ether oxygens (including phenoxy) is 1. The minimum atomic E-state index is -4.93. The second-order valence-electron chi connectivity index (χ2n) is 6.18. The van der Waals surface area contributed by atoms with Crippen LogP contribution < -0.4 is 0 Å². The summed E-state index contributed by atoms with van der Waals surface area (Å²) >= 11 is 0. The fourth-order valence-corrected chi connectivity index (χ4v) is 3.36. The Kier molecular flexibility index (Phi) is 10.1. The van der Waals surface area contributed by atoms with Gasteiger partial charge in [0.15, 0.2) is 0 Å². The third-order valence-corrected chi connectivity index (χ3v) is 5.62. The largest absolute Gasteiger partial charge is 0.481 e. The summed E-state index contributed by atoms with van der Waals surface area (Å²) < 4.78 is 35.9. The number of hydrogen-bond acceptors (Lipinski definition) is 5. The van der Waals surface area contributed by atoms with E-state index in [2.05, 4.69) is 6.92 Å². The summed E-state index contributed by atoms with van der Waals surface area (Å²) in [6.07, 6.45) is 3.60. The van der Waals surface area contributed by atoms with Gasteiger partial charge in [0.1, 0.15) is 0 Å². The van der Waals surface area contributed by atoms with Crippen LogP contribution in [0.25, 0.3) is 0 Å². The molecule has 24 heavy (non-hydrogen) atoms. The number of hydrogen-bond donors (Lipinski definition) is 2. The Bertz CT molecular complexity index is 501. The molecule has 0 saturated carbocycles. The molecule has 0 rings (SSSR count). The molecule has 0 spiro atoms. The molecule has 2 N–H and O–H groups in total. The molecule has 2 atom stereocenters. The second kappa shape index (κ2) is 10.7. The Hall–Kier alpha value is -1.15. The van der Waals surface area contributed by atoms with Crippen molar-refractivity contribution in [2.45, 2.75) is 89.4 Å². The summed E-state index contributed by atoms with van der Waals surface area (Å²) in [4.78, 5) is 23.5. The van der Waals surface area contributed by atoms with E-state index in [4.69, 9.17) is 9.84 Å². The fraction of sp³-hybridized carbons (Fsp3) is 0.875. The SMILES string of the molecule is CCCCCCCCC(CC(=O)O)(C(=O)OC(C)CC)S(=O)(=O)O. The van der Waals surface area contributed by atoms with Crippen LogP contribution in [-0.2, 0) is 24.4 Å². The summed E-state index contributed by atoms with van der Waals surface area (Å²) in [5.74, 6) is -2.66. The van der Waals surface area contributed by atoms with Gasteiger partial charge in [-0.1, -0.05) is 52.4 Å². The van der Waals surface area contributed by atoms with Crippen LogP contribution in [0.5, 0.6) is 0 Å². The third-order valence-electron chi connectivity index (χ3n) is 4.12. The second-order valence-corrected chi connectivity index (χ2v) is 7.91. The molecule has 0 aromatic rings. The van der Waals surface area contributed by atoms with Crippen LogP contribution in [0.1, 0.15) is 78.6 Å². The summed E-state index contributed by atoms with van der Waals surface area (Å²) in [5.41, 5.74) is 0. The van der Waals surface area contributed by atoms with Crippen molar-refractivity contribution < 1.29 is 32.4 Å².